The van der Waals surface area contributed by atoms with E-state index in [0.29, 0.717) is 6.04 Å². The van der Waals surface area contributed by atoms with Crippen LogP contribution in [-0.4, -0.2) is 74.2 Å². The summed E-state index contributed by atoms with van der Waals surface area (Å²) < 4.78 is 5.46. The van der Waals surface area contributed by atoms with Crippen LogP contribution in [-0.2, 0) is 4.74 Å². The van der Waals surface area contributed by atoms with Crippen molar-refractivity contribution in [1.29, 1.82) is 0 Å². The molecule has 3 saturated heterocycles. The first-order chi connectivity index (χ1) is 12.8. The van der Waals surface area contributed by atoms with Crippen molar-refractivity contribution in [2.24, 2.45) is 0 Å². The summed E-state index contributed by atoms with van der Waals surface area (Å²) in [4.78, 5) is 20.1. The standard InChI is InChI=1S/C21H31N3O2/c25-21(18-6-8-19(9-7-18)23-10-3-4-11-23)24-12-2-1-5-20(24)17-22-13-15-26-16-14-22/h6-9,20H,1-5,10-17H2/t20-/m1/s1. The first kappa shape index (κ1) is 17.8. The number of benzene rings is 1. The van der Waals surface area contributed by atoms with Crippen molar-refractivity contribution in [3.05, 3.63) is 29.8 Å². The van der Waals surface area contributed by atoms with E-state index in [1.807, 2.05) is 12.1 Å². The number of hydrogen-bond acceptors (Lipinski definition) is 4. The molecule has 3 heterocycles. The second-order valence-electron chi connectivity index (χ2n) is 7.80. The zero-order valence-electron chi connectivity index (χ0n) is 15.7. The minimum Gasteiger partial charge on any atom is -0.379 e. The molecule has 5 heteroatoms. The maximum absolute atomic E-state index is 13.2. The molecule has 4 rings (SSSR count). The van der Waals surface area contributed by atoms with Crippen molar-refractivity contribution < 1.29 is 9.53 Å². The molecule has 5 nitrogen and oxygen atoms in total. The first-order valence-corrected chi connectivity index (χ1v) is 10.3. The van der Waals surface area contributed by atoms with Gasteiger partial charge in [0.25, 0.3) is 5.91 Å². The number of carbonyl (C=O) groups excluding carboxylic acids is 1. The predicted octanol–water partition coefficient (Wildman–Crippen LogP) is 2.61. The van der Waals surface area contributed by atoms with E-state index in [1.165, 1.54) is 24.9 Å². The van der Waals surface area contributed by atoms with E-state index in [-0.39, 0.29) is 5.91 Å². The van der Waals surface area contributed by atoms with Gasteiger partial charge in [-0.1, -0.05) is 0 Å². The van der Waals surface area contributed by atoms with Crippen molar-refractivity contribution in [2.75, 3.05) is 57.4 Å². The summed E-state index contributed by atoms with van der Waals surface area (Å²) in [5, 5.41) is 0. The average molecular weight is 357 g/mol. The molecular formula is C21H31N3O2. The van der Waals surface area contributed by atoms with Crippen LogP contribution >= 0.6 is 0 Å². The average Bonchev–Trinajstić information content (AvgIpc) is 3.24. The molecule has 0 N–H and O–H groups in total. The van der Waals surface area contributed by atoms with E-state index in [4.69, 9.17) is 4.74 Å². The molecule has 1 atom stereocenters. The van der Waals surface area contributed by atoms with Gasteiger partial charge in [-0.3, -0.25) is 9.69 Å². The Morgan fingerprint density at radius 2 is 1.62 bits per heavy atom. The molecule has 142 valence electrons. The highest BCUT2D eigenvalue weighted by molar-refractivity contribution is 5.94. The van der Waals surface area contributed by atoms with E-state index in [9.17, 15) is 4.79 Å². The molecule has 1 amide bonds. The number of amides is 1. The summed E-state index contributed by atoms with van der Waals surface area (Å²) in [6.07, 6.45) is 6.02. The van der Waals surface area contributed by atoms with Crippen LogP contribution in [0, 0.1) is 0 Å². The Labute approximate surface area is 156 Å². The van der Waals surface area contributed by atoms with Gasteiger partial charge in [-0.05, 0) is 56.4 Å². The van der Waals surface area contributed by atoms with Crippen LogP contribution in [0.4, 0.5) is 5.69 Å². The number of likely N-dealkylation sites (tertiary alicyclic amines) is 1. The summed E-state index contributed by atoms with van der Waals surface area (Å²) in [5.41, 5.74) is 2.09. The van der Waals surface area contributed by atoms with Gasteiger partial charge in [0.15, 0.2) is 0 Å². The Morgan fingerprint density at radius 3 is 2.35 bits per heavy atom. The van der Waals surface area contributed by atoms with E-state index < -0.39 is 0 Å². The van der Waals surface area contributed by atoms with Crippen LogP contribution in [0.1, 0.15) is 42.5 Å². The van der Waals surface area contributed by atoms with Crippen LogP contribution < -0.4 is 4.90 Å². The molecule has 0 aliphatic carbocycles. The lowest BCUT2D eigenvalue weighted by atomic mass is 10.00. The normalized spacial score (nSPS) is 24.8. The minimum absolute atomic E-state index is 0.205. The second-order valence-corrected chi connectivity index (χ2v) is 7.80. The molecular weight excluding hydrogens is 326 g/mol. The molecule has 3 aliphatic rings. The van der Waals surface area contributed by atoms with E-state index in [2.05, 4.69) is 26.8 Å². The summed E-state index contributed by atoms with van der Waals surface area (Å²) in [6.45, 7) is 7.77. The van der Waals surface area contributed by atoms with Gasteiger partial charge >= 0.3 is 0 Å². The quantitative estimate of drug-likeness (QED) is 0.830. The fraction of sp³-hybridized carbons (Fsp3) is 0.667. The van der Waals surface area contributed by atoms with Gasteiger partial charge in [0, 0.05) is 56.6 Å². The third-order valence-electron chi connectivity index (χ3n) is 6.05. The Balaban J connectivity index is 1.42. The lowest BCUT2D eigenvalue weighted by Gasteiger charge is -2.39. The topological polar surface area (TPSA) is 36.0 Å². The first-order valence-electron chi connectivity index (χ1n) is 10.3. The number of piperidine rings is 1. The van der Waals surface area contributed by atoms with Gasteiger partial charge in [-0.25, -0.2) is 0 Å². The zero-order valence-corrected chi connectivity index (χ0v) is 15.7. The minimum atomic E-state index is 0.205. The second kappa shape index (κ2) is 8.40. The number of morpholine rings is 1. The maximum atomic E-state index is 13.2. The van der Waals surface area contributed by atoms with Crippen molar-refractivity contribution in [3.63, 3.8) is 0 Å². The fourth-order valence-corrected chi connectivity index (χ4v) is 4.50. The predicted molar refractivity (Wildman–Crippen MR) is 104 cm³/mol. The van der Waals surface area contributed by atoms with Gasteiger partial charge < -0.3 is 14.5 Å². The van der Waals surface area contributed by atoms with Crippen LogP contribution in [0.25, 0.3) is 0 Å². The highest BCUT2D eigenvalue weighted by Crippen LogP contribution is 2.24. The SMILES string of the molecule is O=C(c1ccc(N2CCCC2)cc1)N1CCCC[C@@H]1CN1CCOCC1. The van der Waals surface area contributed by atoms with Crippen molar-refractivity contribution in [3.8, 4) is 0 Å². The number of carbonyl (C=O) groups is 1. The highest BCUT2D eigenvalue weighted by atomic mass is 16.5. The number of hydrogen-bond donors (Lipinski definition) is 0. The number of rotatable bonds is 4. The third-order valence-corrected chi connectivity index (χ3v) is 6.05. The van der Waals surface area contributed by atoms with Gasteiger partial charge in [-0.15, -0.1) is 0 Å². The summed E-state index contributed by atoms with van der Waals surface area (Å²) >= 11 is 0. The number of ether oxygens (including phenoxy) is 1. The molecule has 0 radical (unpaired) electrons. The van der Waals surface area contributed by atoms with Gasteiger partial charge in [0.05, 0.1) is 13.2 Å². The molecule has 1 aromatic rings. The lowest BCUT2D eigenvalue weighted by molar-refractivity contribution is 0.0166. The monoisotopic (exact) mass is 357 g/mol. The van der Waals surface area contributed by atoms with Crippen molar-refractivity contribution in [2.45, 2.75) is 38.1 Å². The Hall–Kier alpha value is -1.59. The maximum Gasteiger partial charge on any atom is 0.254 e. The van der Waals surface area contributed by atoms with Crippen LogP contribution in [0.3, 0.4) is 0 Å². The zero-order chi connectivity index (χ0) is 17.8. The molecule has 26 heavy (non-hydrogen) atoms. The van der Waals surface area contributed by atoms with Gasteiger partial charge in [-0.2, -0.15) is 0 Å². The van der Waals surface area contributed by atoms with Gasteiger partial charge in [0.1, 0.15) is 0 Å². The molecule has 0 saturated carbocycles. The van der Waals surface area contributed by atoms with Gasteiger partial charge in [0.2, 0.25) is 0 Å². The number of nitrogens with zero attached hydrogens (tertiary/aromatic N) is 3. The Kier molecular flexibility index (Phi) is 5.75. The van der Waals surface area contributed by atoms with E-state index in [1.54, 1.807) is 0 Å². The van der Waals surface area contributed by atoms with Crippen molar-refractivity contribution in [1.82, 2.24) is 9.80 Å². The molecule has 0 bridgehead atoms. The number of anilines is 1. The van der Waals surface area contributed by atoms with Crippen molar-refractivity contribution >= 4 is 11.6 Å². The molecule has 1 aromatic carbocycles. The van der Waals surface area contributed by atoms with Crippen LogP contribution in [0.5, 0.6) is 0 Å². The van der Waals surface area contributed by atoms with E-state index in [0.717, 1.165) is 70.9 Å². The third kappa shape index (κ3) is 4.04. The molecule has 0 unspecified atom stereocenters. The molecule has 3 fully saturated rings. The van der Waals surface area contributed by atoms with Crippen LogP contribution in [0.2, 0.25) is 0 Å². The molecule has 0 spiro atoms. The molecule has 3 aliphatic heterocycles. The Morgan fingerprint density at radius 1 is 0.923 bits per heavy atom. The van der Waals surface area contributed by atoms with Crippen LogP contribution in [0.15, 0.2) is 24.3 Å². The lowest BCUT2D eigenvalue weighted by Crippen LogP contribution is -2.51. The summed E-state index contributed by atoms with van der Waals surface area (Å²) in [7, 11) is 0. The summed E-state index contributed by atoms with van der Waals surface area (Å²) in [5.74, 6) is 0.205. The van der Waals surface area contributed by atoms with E-state index >= 15 is 0 Å². The highest BCUT2D eigenvalue weighted by Gasteiger charge is 2.29. The Bertz CT molecular complexity index is 592. The molecule has 0 aromatic heterocycles. The smallest absolute Gasteiger partial charge is 0.254 e. The largest absolute Gasteiger partial charge is 0.379 e. The fourth-order valence-electron chi connectivity index (χ4n) is 4.50. The summed E-state index contributed by atoms with van der Waals surface area (Å²) in [6, 6.07) is 8.64.